The number of piperazine rings is 1. The summed E-state index contributed by atoms with van der Waals surface area (Å²) in [5.74, 6) is -0.281. The van der Waals surface area contributed by atoms with Gasteiger partial charge in [0.05, 0.1) is 12.5 Å². The van der Waals surface area contributed by atoms with E-state index in [1.54, 1.807) is 0 Å². The molecular weight excluding hydrogens is 364 g/mol. The van der Waals surface area contributed by atoms with Gasteiger partial charge in [-0.1, -0.05) is 29.8 Å². The highest BCUT2D eigenvalue weighted by atomic mass is 16.2. The number of hydrogen-bond acceptors (Lipinski definition) is 4. The van der Waals surface area contributed by atoms with E-state index in [9.17, 15) is 9.59 Å². The van der Waals surface area contributed by atoms with Crippen LogP contribution in [-0.4, -0.2) is 49.9 Å². The number of amides is 2. The molecule has 2 aromatic rings. The van der Waals surface area contributed by atoms with E-state index >= 15 is 0 Å². The third kappa shape index (κ3) is 6.06. The second-order valence-electron chi connectivity index (χ2n) is 7.75. The van der Waals surface area contributed by atoms with E-state index in [0.29, 0.717) is 0 Å². The van der Waals surface area contributed by atoms with E-state index in [-0.39, 0.29) is 24.3 Å². The van der Waals surface area contributed by atoms with Crippen LogP contribution in [0, 0.1) is 6.92 Å². The first-order valence-corrected chi connectivity index (χ1v) is 10.1. The molecule has 2 amide bonds. The van der Waals surface area contributed by atoms with Crippen LogP contribution in [0.3, 0.4) is 0 Å². The molecule has 6 nitrogen and oxygen atoms in total. The first-order chi connectivity index (χ1) is 13.9. The van der Waals surface area contributed by atoms with Crippen molar-refractivity contribution in [3.05, 3.63) is 59.7 Å². The second kappa shape index (κ2) is 9.56. The molecule has 1 saturated heterocycles. The van der Waals surface area contributed by atoms with Crippen LogP contribution in [-0.2, 0) is 9.59 Å². The first kappa shape index (κ1) is 20.9. The Bertz CT molecular complexity index is 825. The zero-order chi connectivity index (χ0) is 20.8. The fraction of sp³-hybridized carbons (Fsp3) is 0.391. The standard InChI is InChI=1S/C23H30N4O2/c1-17-4-6-19(7-5-17)22(24-18(2)28)16-23(29)25-20-8-10-21(11-9-20)27-14-12-26(3)13-15-27/h4-11,22H,12-16H2,1-3H3,(H,24,28)(H,25,29). The van der Waals surface area contributed by atoms with Crippen LogP contribution < -0.4 is 15.5 Å². The van der Waals surface area contributed by atoms with Crippen LogP contribution in [0.1, 0.15) is 30.5 Å². The first-order valence-electron chi connectivity index (χ1n) is 10.1. The van der Waals surface area contributed by atoms with Crippen LogP contribution in [0.15, 0.2) is 48.5 Å². The lowest BCUT2D eigenvalue weighted by atomic mass is 10.0. The molecule has 1 aliphatic heterocycles. The molecule has 0 aliphatic carbocycles. The molecule has 0 aromatic heterocycles. The van der Waals surface area contributed by atoms with E-state index < -0.39 is 0 Å². The quantitative estimate of drug-likeness (QED) is 0.791. The highest BCUT2D eigenvalue weighted by molar-refractivity contribution is 5.91. The Morgan fingerprint density at radius 2 is 1.59 bits per heavy atom. The number of hydrogen-bond donors (Lipinski definition) is 2. The molecule has 3 rings (SSSR count). The van der Waals surface area contributed by atoms with Crippen molar-refractivity contribution in [3.8, 4) is 0 Å². The average Bonchev–Trinajstić information content (AvgIpc) is 2.69. The summed E-state index contributed by atoms with van der Waals surface area (Å²) in [6, 6.07) is 15.5. The third-order valence-corrected chi connectivity index (χ3v) is 5.27. The Morgan fingerprint density at radius 3 is 2.17 bits per heavy atom. The van der Waals surface area contributed by atoms with Crippen molar-refractivity contribution in [3.63, 3.8) is 0 Å². The molecule has 2 aromatic carbocycles. The molecule has 29 heavy (non-hydrogen) atoms. The summed E-state index contributed by atoms with van der Waals surface area (Å²) in [7, 11) is 2.14. The maximum Gasteiger partial charge on any atom is 0.226 e. The van der Waals surface area contributed by atoms with Crippen LogP contribution in [0.25, 0.3) is 0 Å². The van der Waals surface area contributed by atoms with E-state index in [0.717, 1.165) is 43.0 Å². The number of carbonyl (C=O) groups is 2. The van der Waals surface area contributed by atoms with Gasteiger partial charge in [-0.15, -0.1) is 0 Å². The number of aryl methyl sites for hydroxylation is 1. The van der Waals surface area contributed by atoms with Crippen LogP contribution in [0.5, 0.6) is 0 Å². The third-order valence-electron chi connectivity index (χ3n) is 5.27. The molecule has 6 heteroatoms. The lowest BCUT2D eigenvalue weighted by Gasteiger charge is -2.34. The fourth-order valence-electron chi connectivity index (χ4n) is 3.51. The minimum absolute atomic E-state index is 0.128. The van der Waals surface area contributed by atoms with E-state index in [2.05, 4.69) is 27.5 Å². The smallest absolute Gasteiger partial charge is 0.226 e. The van der Waals surface area contributed by atoms with Gasteiger partial charge >= 0.3 is 0 Å². The molecule has 1 fully saturated rings. The normalized spacial score (nSPS) is 15.6. The second-order valence-corrected chi connectivity index (χ2v) is 7.75. The Labute approximate surface area is 172 Å². The minimum atomic E-state index is -0.349. The fourth-order valence-corrected chi connectivity index (χ4v) is 3.51. The van der Waals surface area contributed by atoms with Gasteiger partial charge in [0.15, 0.2) is 0 Å². The highest BCUT2D eigenvalue weighted by Gasteiger charge is 2.18. The maximum atomic E-state index is 12.6. The molecule has 1 atom stereocenters. The van der Waals surface area contributed by atoms with Gasteiger partial charge in [-0.2, -0.15) is 0 Å². The summed E-state index contributed by atoms with van der Waals surface area (Å²) >= 11 is 0. The zero-order valence-corrected chi connectivity index (χ0v) is 17.4. The van der Waals surface area contributed by atoms with E-state index in [1.807, 2.05) is 55.5 Å². The molecule has 1 unspecified atom stereocenters. The number of nitrogens with zero attached hydrogens (tertiary/aromatic N) is 2. The number of rotatable bonds is 6. The van der Waals surface area contributed by atoms with Gasteiger partial charge < -0.3 is 20.4 Å². The van der Waals surface area contributed by atoms with Crippen LogP contribution >= 0.6 is 0 Å². The predicted molar refractivity (Wildman–Crippen MR) is 117 cm³/mol. The molecular formula is C23H30N4O2. The lowest BCUT2D eigenvalue weighted by Crippen LogP contribution is -2.44. The largest absolute Gasteiger partial charge is 0.369 e. The van der Waals surface area contributed by atoms with Gasteiger partial charge in [0.25, 0.3) is 0 Å². The zero-order valence-electron chi connectivity index (χ0n) is 17.4. The summed E-state index contributed by atoms with van der Waals surface area (Å²) in [5.41, 5.74) is 4.00. The molecule has 1 heterocycles. The van der Waals surface area contributed by atoms with Gasteiger partial charge in [0.1, 0.15) is 0 Å². The van der Waals surface area contributed by atoms with Gasteiger partial charge in [0.2, 0.25) is 11.8 Å². The number of likely N-dealkylation sites (N-methyl/N-ethyl adjacent to an activating group) is 1. The van der Waals surface area contributed by atoms with Gasteiger partial charge in [-0.25, -0.2) is 0 Å². The Balaban J connectivity index is 1.60. The molecule has 0 bridgehead atoms. The number of nitrogens with one attached hydrogen (secondary N) is 2. The number of anilines is 2. The van der Waals surface area contributed by atoms with Crippen molar-refractivity contribution in [1.29, 1.82) is 0 Å². The Morgan fingerprint density at radius 1 is 0.966 bits per heavy atom. The van der Waals surface area contributed by atoms with Crippen molar-refractivity contribution >= 4 is 23.2 Å². The maximum absolute atomic E-state index is 12.6. The molecule has 2 N–H and O–H groups in total. The summed E-state index contributed by atoms with van der Waals surface area (Å²) in [6.45, 7) is 7.62. The Hall–Kier alpha value is -2.86. The molecule has 0 saturated carbocycles. The van der Waals surface area contributed by atoms with Crippen molar-refractivity contribution < 1.29 is 9.59 Å². The van der Waals surface area contributed by atoms with Gasteiger partial charge in [-0.05, 0) is 43.8 Å². The molecule has 0 radical (unpaired) electrons. The number of benzene rings is 2. The van der Waals surface area contributed by atoms with Crippen LogP contribution in [0.4, 0.5) is 11.4 Å². The SMILES string of the molecule is CC(=O)NC(CC(=O)Nc1ccc(N2CCN(C)CC2)cc1)c1ccc(C)cc1. The number of carbonyl (C=O) groups excluding carboxylic acids is 2. The van der Waals surface area contributed by atoms with E-state index in [1.165, 1.54) is 12.6 Å². The summed E-state index contributed by atoms with van der Waals surface area (Å²) in [5, 5.41) is 5.82. The van der Waals surface area contributed by atoms with Gasteiger partial charge in [0, 0.05) is 44.5 Å². The van der Waals surface area contributed by atoms with Crippen molar-refractivity contribution in [1.82, 2.24) is 10.2 Å². The molecule has 0 spiro atoms. The molecule has 1 aliphatic rings. The van der Waals surface area contributed by atoms with Crippen molar-refractivity contribution in [2.24, 2.45) is 0 Å². The highest BCUT2D eigenvalue weighted by Crippen LogP contribution is 2.21. The minimum Gasteiger partial charge on any atom is -0.369 e. The molecule has 154 valence electrons. The summed E-state index contributed by atoms with van der Waals surface area (Å²) in [4.78, 5) is 28.9. The van der Waals surface area contributed by atoms with Crippen LogP contribution in [0.2, 0.25) is 0 Å². The van der Waals surface area contributed by atoms with Crippen molar-refractivity contribution in [2.75, 3.05) is 43.4 Å². The summed E-state index contributed by atoms with van der Waals surface area (Å²) < 4.78 is 0. The van der Waals surface area contributed by atoms with Crippen molar-refractivity contribution in [2.45, 2.75) is 26.3 Å². The predicted octanol–water partition coefficient (Wildman–Crippen LogP) is 2.95. The topological polar surface area (TPSA) is 64.7 Å². The lowest BCUT2D eigenvalue weighted by molar-refractivity contribution is -0.120. The van der Waals surface area contributed by atoms with Gasteiger partial charge in [-0.3, -0.25) is 9.59 Å². The Kier molecular flexibility index (Phi) is 6.88. The summed E-state index contributed by atoms with van der Waals surface area (Å²) in [6.07, 6.45) is 0.183. The average molecular weight is 395 g/mol. The monoisotopic (exact) mass is 394 g/mol. The van der Waals surface area contributed by atoms with E-state index in [4.69, 9.17) is 0 Å².